The molecule has 0 aromatic carbocycles. The van der Waals surface area contributed by atoms with E-state index in [-0.39, 0.29) is 11.7 Å². The van der Waals surface area contributed by atoms with Gasteiger partial charge in [0.15, 0.2) is 6.20 Å². The minimum Gasteiger partial charge on any atom is -0.365 e. The number of piperazine rings is 1. The van der Waals surface area contributed by atoms with E-state index in [2.05, 4.69) is 9.88 Å². The maximum absolute atomic E-state index is 12.0. The molecule has 21 heavy (non-hydrogen) atoms. The van der Waals surface area contributed by atoms with Gasteiger partial charge < -0.3 is 25.6 Å². The van der Waals surface area contributed by atoms with Gasteiger partial charge in [-0.15, -0.1) is 0 Å². The fraction of sp³-hybridized carbons (Fsp3) is 0.538. The van der Waals surface area contributed by atoms with E-state index in [0.717, 1.165) is 5.69 Å². The maximum atomic E-state index is 12.0. The predicted molar refractivity (Wildman–Crippen MR) is 78.0 cm³/mol. The lowest BCUT2D eigenvalue weighted by Gasteiger charge is -2.36. The van der Waals surface area contributed by atoms with Crippen molar-refractivity contribution in [2.45, 2.75) is 19.4 Å². The quantitative estimate of drug-likeness (QED) is 0.635. The molecule has 8 nitrogen and oxygen atoms in total. The molecule has 1 aliphatic heterocycles. The number of carbonyl (C=O) groups excluding carboxylic acids is 1. The van der Waals surface area contributed by atoms with Gasteiger partial charge in [-0.25, -0.2) is 0 Å². The lowest BCUT2D eigenvalue weighted by molar-refractivity contribution is -0.389. The molecule has 1 aromatic rings. The van der Waals surface area contributed by atoms with Crippen molar-refractivity contribution in [3.05, 3.63) is 28.4 Å². The Balaban J connectivity index is 1.94. The molecule has 0 spiro atoms. The van der Waals surface area contributed by atoms with Gasteiger partial charge in [0, 0.05) is 32.2 Å². The number of amides is 1. The second kappa shape index (κ2) is 6.49. The lowest BCUT2D eigenvalue weighted by atomic mass is 10.2. The zero-order chi connectivity index (χ0) is 15.4. The van der Waals surface area contributed by atoms with E-state index < -0.39 is 11.0 Å². The number of anilines is 1. The number of aromatic nitrogens is 1. The molecule has 1 aromatic heterocycles. The third-order valence-corrected chi connectivity index (χ3v) is 3.63. The first-order valence-corrected chi connectivity index (χ1v) is 6.92. The van der Waals surface area contributed by atoms with Gasteiger partial charge in [0.1, 0.15) is 0 Å². The van der Waals surface area contributed by atoms with Crippen LogP contribution in [0.2, 0.25) is 0 Å². The predicted octanol–water partition coefficient (Wildman–Crippen LogP) is 0.376. The van der Waals surface area contributed by atoms with Crippen LogP contribution >= 0.6 is 0 Å². The Morgan fingerprint density at radius 3 is 2.57 bits per heavy atom. The van der Waals surface area contributed by atoms with Gasteiger partial charge in [0.25, 0.3) is 0 Å². The van der Waals surface area contributed by atoms with Crippen molar-refractivity contribution in [1.29, 1.82) is 0 Å². The Labute approximate surface area is 122 Å². The second-order valence-corrected chi connectivity index (χ2v) is 4.96. The van der Waals surface area contributed by atoms with Crippen LogP contribution in [0, 0.1) is 10.1 Å². The molecule has 1 fully saturated rings. The number of hydrogen-bond acceptors (Lipinski definition) is 6. The average molecular weight is 293 g/mol. The SMILES string of the molecule is CCC(N)C(=O)N1CCN(c2ccc([N+](=O)[O-])nc2)CC1. The number of nitrogens with zero attached hydrogens (tertiary/aromatic N) is 4. The molecule has 1 atom stereocenters. The summed E-state index contributed by atoms with van der Waals surface area (Å²) in [5.74, 6) is -0.180. The van der Waals surface area contributed by atoms with Crippen LogP contribution in [-0.4, -0.2) is 52.9 Å². The van der Waals surface area contributed by atoms with Gasteiger partial charge >= 0.3 is 5.82 Å². The van der Waals surface area contributed by atoms with Crippen LogP contribution < -0.4 is 10.6 Å². The minimum atomic E-state index is -0.521. The highest BCUT2D eigenvalue weighted by Crippen LogP contribution is 2.18. The Bertz CT molecular complexity index is 511. The second-order valence-electron chi connectivity index (χ2n) is 4.96. The van der Waals surface area contributed by atoms with Crippen LogP contribution in [0.1, 0.15) is 13.3 Å². The third kappa shape index (κ3) is 3.46. The number of hydrogen-bond donors (Lipinski definition) is 1. The van der Waals surface area contributed by atoms with Crippen LogP contribution in [0.15, 0.2) is 18.3 Å². The smallest absolute Gasteiger partial charge is 0.363 e. The van der Waals surface area contributed by atoms with Crippen molar-refractivity contribution in [3.63, 3.8) is 0 Å². The van der Waals surface area contributed by atoms with Gasteiger partial charge in [0.2, 0.25) is 5.91 Å². The van der Waals surface area contributed by atoms with Crippen molar-refractivity contribution < 1.29 is 9.72 Å². The molecule has 1 amide bonds. The zero-order valence-electron chi connectivity index (χ0n) is 11.9. The van der Waals surface area contributed by atoms with E-state index in [1.54, 1.807) is 11.0 Å². The summed E-state index contributed by atoms with van der Waals surface area (Å²) in [5, 5.41) is 10.6. The Morgan fingerprint density at radius 1 is 1.43 bits per heavy atom. The maximum Gasteiger partial charge on any atom is 0.363 e. The van der Waals surface area contributed by atoms with Crippen molar-refractivity contribution in [2.24, 2.45) is 5.73 Å². The van der Waals surface area contributed by atoms with Gasteiger partial charge in [-0.2, -0.15) is 0 Å². The fourth-order valence-electron chi connectivity index (χ4n) is 2.27. The van der Waals surface area contributed by atoms with E-state index in [0.29, 0.717) is 32.6 Å². The molecule has 1 aliphatic rings. The summed E-state index contributed by atoms with van der Waals surface area (Å²) in [6, 6.07) is 2.64. The molecule has 114 valence electrons. The van der Waals surface area contributed by atoms with Crippen molar-refractivity contribution >= 4 is 17.4 Å². The van der Waals surface area contributed by atoms with Crippen molar-refractivity contribution in [1.82, 2.24) is 9.88 Å². The normalized spacial score (nSPS) is 16.7. The van der Waals surface area contributed by atoms with E-state index in [4.69, 9.17) is 5.73 Å². The topological polar surface area (TPSA) is 106 Å². The van der Waals surface area contributed by atoms with E-state index in [1.165, 1.54) is 12.3 Å². The molecule has 2 heterocycles. The summed E-state index contributed by atoms with van der Waals surface area (Å²) in [4.78, 5) is 29.7. The first-order valence-electron chi connectivity index (χ1n) is 6.92. The number of nitrogens with two attached hydrogens (primary N) is 1. The molecule has 0 saturated carbocycles. The van der Waals surface area contributed by atoms with E-state index >= 15 is 0 Å². The Morgan fingerprint density at radius 2 is 2.10 bits per heavy atom. The van der Waals surface area contributed by atoms with Crippen LogP contribution in [-0.2, 0) is 4.79 Å². The van der Waals surface area contributed by atoms with Crippen LogP contribution in [0.25, 0.3) is 0 Å². The average Bonchev–Trinajstić information content (AvgIpc) is 2.53. The largest absolute Gasteiger partial charge is 0.365 e. The summed E-state index contributed by atoms with van der Waals surface area (Å²) in [6.07, 6.45) is 2.12. The molecule has 2 rings (SSSR count). The molecular weight excluding hydrogens is 274 g/mol. The molecule has 0 radical (unpaired) electrons. The first-order chi connectivity index (χ1) is 10.0. The highest BCUT2D eigenvalue weighted by atomic mass is 16.6. The summed E-state index contributed by atoms with van der Waals surface area (Å²) >= 11 is 0. The fourth-order valence-corrected chi connectivity index (χ4v) is 2.27. The first kappa shape index (κ1) is 15.2. The third-order valence-electron chi connectivity index (χ3n) is 3.63. The standard InChI is InChI=1S/C13H19N5O3/c1-2-11(14)13(19)17-7-5-16(6-8-17)10-3-4-12(15-9-10)18(20)21/h3-4,9,11H,2,5-8,14H2,1H3. The summed E-state index contributed by atoms with van der Waals surface area (Å²) < 4.78 is 0. The highest BCUT2D eigenvalue weighted by molar-refractivity contribution is 5.81. The number of pyridine rings is 1. The van der Waals surface area contributed by atoms with Gasteiger partial charge in [0.05, 0.1) is 11.7 Å². The summed E-state index contributed by atoms with van der Waals surface area (Å²) in [5.41, 5.74) is 6.59. The highest BCUT2D eigenvalue weighted by Gasteiger charge is 2.25. The van der Waals surface area contributed by atoms with Gasteiger partial charge in [-0.05, 0) is 22.4 Å². The molecular formula is C13H19N5O3. The molecule has 0 bridgehead atoms. The Hall–Kier alpha value is -2.22. The molecule has 1 saturated heterocycles. The van der Waals surface area contributed by atoms with E-state index in [9.17, 15) is 14.9 Å². The molecule has 2 N–H and O–H groups in total. The number of rotatable bonds is 4. The van der Waals surface area contributed by atoms with Crippen molar-refractivity contribution in [3.8, 4) is 0 Å². The van der Waals surface area contributed by atoms with Gasteiger partial charge in [-0.3, -0.25) is 4.79 Å². The van der Waals surface area contributed by atoms with Crippen LogP contribution in [0.4, 0.5) is 11.5 Å². The number of carbonyl (C=O) groups is 1. The summed E-state index contributed by atoms with van der Waals surface area (Å²) in [6.45, 7) is 4.43. The number of nitro groups is 1. The van der Waals surface area contributed by atoms with E-state index in [1.807, 2.05) is 6.92 Å². The molecule has 8 heteroatoms. The zero-order valence-corrected chi connectivity index (χ0v) is 11.9. The minimum absolute atomic E-state index is 0.0148. The van der Waals surface area contributed by atoms with Crippen LogP contribution in [0.5, 0.6) is 0 Å². The van der Waals surface area contributed by atoms with Crippen LogP contribution in [0.3, 0.4) is 0 Å². The summed E-state index contributed by atoms with van der Waals surface area (Å²) in [7, 11) is 0. The Kier molecular flexibility index (Phi) is 4.69. The monoisotopic (exact) mass is 293 g/mol. The lowest BCUT2D eigenvalue weighted by Crippen LogP contribution is -2.53. The van der Waals surface area contributed by atoms with Gasteiger partial charge in [-0.1, -0.05) is 6.92 Å². The molecule has 0 aliphatic carbocycles. The van der Waals surface area contributed by atoms with Crippen molar-refractivity contribution in [2.75, 3.05) is 31.1 Å². The molecule has 1 unspecified atom stereocenters.